The molecule has 6 amide bonds. The summed E-state index contributed by atoms with van der Waals surface area (Å²) in [7, 11) is 4.67. The van der Waals surface area contributed by atoms with Crippen molar-refractivity contribution < 1.29 is 28.8 Å². The fourth-order valence-electron chi connectivity index (χ4n) is 5.97. The Labute approximate surface area is 289 Å². The molecule has 0 spiro atoms. The lowest BCUT2D eigenvalue weighted by Crippen LogP contribution is -2.62. The molecule has 0 aliphatic rings. The summed E-state index contributed by atoms with van der Waals surface area (Å²) in [5.74, 6) is -1.66. The van der Waals surface area contributed by atoms with E-state index in [0.29, 0.717) is 19.3 Å². The highest BCUT2D eigenvalue weighted by Crippen LogP contribution is 2.22. The monoisotopic (exact) mass is 676 g/mol. The minimum atomic E-state index is -1.01. The van der Waals surface area contributed by atoms with Crippen molar-refractivity contribution in [2.75, 3.05) is 21.1 Å². The van der Waals surface area contributed by atoms with Crippen LogP contribution in [0.25, 0.3) is 0 Å². The van der Waals surface area contributed by atoms with Gasteiger partial charge in [0.25, 0.3) is 0 Å². The van der Waals surface area contributed by atoms with Gasteiger partial charge in [0.15, 0.2) is 0 Å². The van der Waals surface area contributed by atoms with E-state index < -0.39 is 53.8 Å². The molecular formula is C36H64N6O6. The Morgan fingerprint density at radius 2 is 1.15 bits per heavy atom. The van der Waals surface area contributed by atoms with Gasteiger partial charge in [-0.2, -0.15) is 0 Å². The zero-order valence-electron chi connectivity index (χ0n) is 31.8. The van der Waals surface area contributed by atoms with E-state index in [1.54, 1.807) is 27.9 Å². The Hall–Kier alpha value is -3.62. The molecule has 12 heteroatoms. The molecule has 7 atom stereocenters. The van der Waals surface area contributed by atoms with Crippen LogP contribution in [0.1, 0.15) is 101 Å². The lowest BCUT2D eigenvalue weighted by molar-refractivity contribution is -0.152. The Morgan fingerprint density at radius 1 is 0.667 bits per heavy atom. The van der Waals surface area contributed by atoms with Crippen LogP contribution < -0.4 is 16.4 Å². The van der Waals surface area contributed by atoms with Crippen molar-refractivity contribution in [1.82, 2.24) is 25.3 Å². The van der Waals surface area contributed by atoms with Gasteiger partial charge in [0.1, 0.15) is 30.2 Å². The van der Waals surface area contributed by atoms with E-state index in [9.17, 15) is 28.8 Å². The molecule has 0 aliphatic heterocycles. The molecule has 274 valence electrons. The molecule has 0 fully saturated rings. The van der Waals surface area contributed by atoms with Crippen molar-refractivity contribution in [3.05, 3.63) is 0 Å². The van der Waals surface area contributed by atoms with Gasteiger partial charge in [0, 0.05) is 33.5 Å². The Morgan fingerprint density at radius 3 is 1.58 bits per heavy atom. The van der Waals surface area contributed by atoms with Crippen LogP contribution in [0, 0.1) is 41.9 Å². The number of likely N-dealkylation sites (N-methyl/N-ethyl adjacent to an activating group) is 3. The predicted octanol–water partition coefficient (Wildman–Crippen LogP) is 2.79. The van der Waals surface area contributed by atoms with E-state index in [1.807, 2.05) is 48.5 Å². The van der Waals surface area contributed by atoms with Crippen LogP contribution in [0.3, 0.4) is 0 Å². The fourth-order valence-corrected chi connectivity index (χ4v) is 5.97. The van der Waals surface area contributed by atoms with Gasteiger partial charge in [0.05, 0.1) is 0 Å². The zero-order chi connectivity index (χ0) is 37.6. The summed E-state index contributed by atoms with van der Waals surface area (Å²) in [6.07, 6.45) is 8.85. The van der Waals surface area contributed by atoms with Gasteiger partial charge >= 0.3 is 0 Å². The molecule has 12 nitrogen and oxygen atoms in total. The van der Waals surface area contributed by atoms with Gasteiger partial charge in [-0.25, -0.2) is 0 Å². The maximum Gasteiger partial charge on any atom is 0.246 e. The van der Waals surface area contributed by atoms with Crippen LogP contribution >= 0.6 is 0 Å². The molecule has 48 heavy (non-hydrogen) atoms. The number of terminal acetylenes is 1. The minimum absolute atomic E-state index is 0.152. The van der Waals surface area contributed by atoms with Crippen LogP contribution in [-0.4, -0.2) is 101 Å². The van der Waals surface area contributed by atoms with Crippen LogP contribution in [0.5, 0.6) is 0 Å². The third-order valence-electron chi connectivity index (χ3n) is 9.18. The number of unbranched alkanes of at least 4 members (excludes halogenated alkanes) is 2. The smallest absolute Gasteiger partial charge is 0.246 e. The van der Waals surface area contributed by atoms with Crippen molar-refractivity contribution in [3.63, 3.8) is 0 Å². The average Bonchev–Trinajstić information content (AvgIpc) is 3.00. The third-order valence-corrected chi connectivity index (χ3v) is 9.18. The zero-order valence-corrected chi connectivity index (χ0v) is 31.8. The number of nitrogens with two attached hydrogens (primary N) is 1. The first kappa shape index (κ1) is 44.4. The molecule has 0 saturated carbocycles. The molecule has 0 aromatic rings. The van der Waals surface area contributed by atoms with Crippen LogP contribution in [0.4, 0.5) is 0 Å². The van der Waals surface area contributed by atoms with Gasteiger partial charge in [-0.3, -0.25) is 28.8 Å². The normalized spacial score (nSPS) is 15.7. The first-order chi connectivity index (χ1) is 22.2. The first-order valence-electron chi connectivity index (χ1n) is 17.3. The largest absolute Gasteiger partial charge is 0.368 e. The van der Waals surface area contributed by atoms with E-state index in [4.69, 9.17) is 12.2 Å². The standard InChI is InChI=1S/C36H64N6O6/c1-15-17-18-19-20-25(10)34(46)41(13)29(23(7)8)36(48)40(12)28(22(5)6)32(44)39-27(21(3)4)35(47)42(14)30(24(9)16-2)33(45)38-26(11)31(37)43/h1,21-30H,16-20H2,2-14H3,(H2,37,43)(H,38,45)(H,39,44)/t24-,25+,26-,27-,28-,29-,30-/m0/s1. The molecule has 0 radical (unpaired) electrons. The second kappa shape index (κ2) is 20.7. The van der Waals surface area contributed by atoms with Crippen LogP contribution in [-0.2, 0) is 28.8 Å². The maximum atomic E-state index is 14.1. The molecule has 0 bridgehead atoms. The van der Waals surface area contributed by atoms with Crippen molar-refractivity contribution in [2.45, 2.75) is 132 Å². The van der Waals surface area contributed by atoms with Crippen LogP contribution in [0.2, 0.25) is 0 Å². The predicted molar refractivity (Wildman–Crippen MR) is 189 cm³/mol. The Balaban J connectivity index is 6.23. The molecule has 0 rings (SSSR count). The summed E-state index contributed by atoms with van der Waals surface area (Å²) in [6, 6.07) is -4.63. The van der Waals surface area contributed by atoms with Gasteiger partial charge in [-0.05, 0) is 43.4 Å². The number of nitrogens with zero attached hydrogens (tertiary/aromatic N) is 3. The molecule has 0 aromatic carbocycles. The maximum absolute atomic E-state index is 14.1. The summed E-state index contributed by atoms with van der Waals surface area (Å²) < 4.78 is 0. The lowest BCUT2D eigenvalue weighted by Gasteiger charge is -2.39. The van der Waals surface area contributed by atoms with E-state index in [-0.39, 0.29) is 41.4 Å². The Bertz CT molecular complexity index is 1150. The van der Waals surface area contributed by atoms with Gasteiger partial charge in [-0.1, -0.05) is 75.2 Å². The van der Waals surface area contributed by atoms with Crippen molar-refractivity contribution in [2.24, 2.45) is 35.3 Å². The van der Waals surface area contributed by atoms with E-state index in [2.05, 4.69) is 16.6 Å². The molecular weight excluding hydrogens is 612 g/mol. The molecule has 0 heterocycles. The molecule has 0 saturated heterocycles. The van der Waals surface area contributed by atoms with E-state index >= 15 is 0 Å². The second-order valence-corrected chi connectivity index (χ2v) is 14.3. The summed E-state index contributed by atoms with van der Waals surface area (Å²) >= 11 is 0. The highest BCUT2D eigenvalue weighted by molar-refractivity contribution is 5.96. The average molecular weight is 677 g/mol. The number of carbonyl (C=O) groups is 6. The molecule has 0 unspecified atom stereocenters. The van der Waals surface area contributed by atoms with E-state index in [1.165, 1.54) is 28.7 Å². The number of nitrogens with one attached hydrogen (secondary N) is 2. The van der Waals surface area contributed by atoms with Crippen molar-refractivity contribution >= 4 is 35.4 Å². The van der Waals surface area contributed by atoms with Gasteiger partial charge in [-0.15, -0.1) is 12.3 Å². The topological polar surface area (TPSA) is 162 Å². The molecule has 4 N–H and O–H groups in total. The highest BCUT2D eigenvalue weighted by atomic mass is 16.2. The summed E-state index contributed by atoms with van der Waals surface area (Å²) in [5, 5.41) is 5.46. The van der Waals surface area contributed by atoms with Crippen LogP contribution in [0.15, 0.2) is 0 Å². The lowest BCUT2D eigenvalue weighted by atomic mass is 9.93. The van der Waals surface area contributed by atoms with Gasteiger partial charge in [0.2, 0.25) is 35.4 Å². The molecule has 0 aliphatic carbocycles. The third kappa shape index (κ3) is 12.4. The molecule has 0 aromatic heterocycles. The highest BCUT2D eigenvalue weighted by Gasteiger charge is 2.41. The number of carbonyl (C=O) groups excluding carboxylic acids is 6. The number of hydrogen-bond acceptors (Lipinski definition) is 6. The number of rotatable bonds is 20. The van der Waals surface area contributed by atoms with E-state index in [0.717, 1.165) is 12.8 Å². The summed E-state index contributed by atoms with van der Waals surface area (Å²) in [4.78, 5) is 84.4. The Kier molecular flexibility index (Phi) is 19.1. The quantitative estimate of drug-likeness (QED) is 0.133. The second-order valence-electron chi connectivity index (χ2n) is 14.3. The fraction of sp³-hybridized carbons (Fsp3) is 0.778. The van der Waals surface area contributed by atoms with Crippen molar-refractivity contribution in [3.8, 4) is 12.3 Å². The minimum Gasteiger partial charge on any atom is -0.368 e. The summed E-state index contributed by atoms with van der Waals surface area (Å²) in [5.41, 5.74) is 5.34. The SMILES string of the molecule is C#CCCCC[C@@H](C)C(=O)N(C)[C@H](C(=O)N(C)[C@H](C(=O)N[C@H](C(=O)N(C)[C@H](C(=O)N[C@@H](C)C(N)=O)[C@@H](C)CC)C(C)C)C(C)C)C(C)C. The van der Waals surface area contributed by atoms with Gasteiger partial charge < -0.3 is 31.1 Å². The first-order valence-corrected chi connectivity index (χ1v) is 17.3. The number of amides is 6. The van der Waals surface area contributed by atoms with Crippen molar-refractivity contribution in [1.29, 1.82) is 0 Å². The summed E-state index contributed by atoms with van der Waals surface area (Å²) in [6.45, 7) is 17.9. The number of primary amides is 1. The number of hydrogen-bond donors (Lipinski definition) is 3.